The molecule has 4 aromatic rings. The highest BCUT2D eigenvalue weighted by Gasteiger charge is 2.28. The van der Waals surface area contributed by atoms with Crippen LogP contribution < -0.4 is 16.0 Å². The number of aryl methyl sites for hydroxylation is 1. The van der Waals surface area contributed by atoms with Crippen LogP contribution in [0.2, 0.25) is 0 Å². The summed E-state index contributed by atoms with van der Waals surface area (Å²) in [6.07, 6.45) is 1.68. The van der Waals surface area contributed by atoms with Crippen LogP contribution >= 0.6 is 0 Å². The molecule has 0 spiro atoms. The van der Waals surface area contributed by atoms with Crippen LogP contribution in [0, 0.1) is 18.6 Å². The Labute approximate surface area is 241 Å². The predicted molar refractivity (Wildman–Crippen MR) is 155 cm³/mol. The van der Waals surface area contributed by atoms with Gasteiger partial charge in [0, 0.05) is 72.7 Å². The molecule has 1 saturated heterocycles. The van der Waals surface area contributed by atoms with E-state index < -0.39 is 17.5 Å². The lowest BCUT2D eigenvalue weighted by Crippen LogP contribution is -2.39. The van der Waals surface area contributed by atoms with E-state index in [1.54, 1.807) is 36.5 Å². The highest BCUT2D eigenvalue weighted by molar-refractivity contribution is 6.06. The fourth-order valence-corrected chi connectivity index (χ4v) is 5.37. The quantitative estimate of drug-likeness (QED) is 0.246. The first-order valence-electron chi connectivity index (χ1n) is 13.8. The van der Waals surface area contributed by atoms with Crippen molar-refractivity contribution in [2.45, 2.75) is 13.5 Å². The minimum atomic E-state index is -0.569. The highest BCUT2D eigenvalue weighted by atomic mass is 19.1. The third kappa shape index (κ3) is 5.74. The lowest BCUT2D eigenvalue weighted by atomic mass is 9.92. The SMILES string of the molecule is Cc1cnc(-c2ccc(-c3ccc(NC(=O)c4cc(F)cc(NCCN5CCOCC5)c4)cc3F)c3c2C(=O)NC3)[nH]1. The largest absolute Gasteiger partial charge is 0.384 e. The molecule has 0 aliphatic carbocycles. The molecule has 0 saturated carbocycles. The summed E-state index contributed by atoms with van der Waals surface area (Å²) in [5.74, 6) is -1.36. The average molecular weight is 573 g/mol. The maximum Gasteiger partial charge on any atom is 0.255 e. The normalized spacial score (nSPS) is 14.9. The summed E-state index contributed by atoms with van der Waals surface area (Å²) in [6.45, 7) is 6.58. The number of rotatable bonds is 8. The molecule has 4 N–H and O–H groups in total. The zero-order chi connectivity index (χ0) is 29.2. The molecule has 9 nitrogen and oxygen atoms in total. The van der Waals surface area contributed by atoms with Crippen molar-refractivity contribution < 1.29 is 23.1 Å². The number of benzene rings is 3. The number of nitrogens with one attached hydrogen (secondary N) is 4. The van der Waals surface area contributed by atoms with Gasteiger partial charge in [0.15, 0.2) is 0 Å². The number of morpholine rings is 1. The van der Waals surface area contributed by atoms with Gasteiger partial charge < -0.3 is 25.7 Å². The molecule has 3 aromatic carbocycles. The molecular formula is C31H30F2N6O3. The molecule has 0 bridgehead atoms. The number of imidazole rings is 1. The van der Waals surface area contributed by atoms with E-state index in [1.165, 1.54) is 12.1 Å². The summed E-state index contributed by atoms with van der Waals surface area (Å²) in [6, 6.07) is 11.9. The molecule has 3 heterocycles. The van der Waals surface area contributed by atoms with Gasteiger partial charge in [0.1, 0.15) is 17.5 Å². The van der Waals surface area contributed by atoms with Crippen molar-refractivity contribution >= 4 is 23.2 Å². The number of aromatic amines is 1. The van der Waals surface area contributed by atoms with E-state index >= 15 is 4.39 Å². The summed E-state index contributed by atoms with van der Waals surface area (Å²) in [4.78, 5) is 35.4. The van der Waals surface area contributed by atoms with E-state index in [2.05, 4.69) is 30.8 Å². The topological polar surface area (TPSA) is 111 Å². The molecule has 0 radical (unpaired) electrons. The zero-order valence-corrected chi connectivity index (χ0v) is 23.0. The number of aromatic nitrogens is 2. The van der Waals surface area contributed by atoms with Crippen LogP contribution in [-0.4, -0.2) is 66.1 Å². The Hall–Kier alpha value is -4.61. The van der Waals surface area contributed by atoms with Gasteiger partial charge in [-0.25, -0.2) is 13.8 Å². The maximum absolute atomic E-state index is 15.4. The Morgan fingerprint density at radius 2 is 1.81 bits per heavy atom. The summed E-state index contributed by atoms with van der Waals surface area (Å²) in [5.41, 5.74) is 4.32. The Morgan fingerprint density at radius 1 is 1.02 bits per heavy atom. The number of ether oxygens (including phenoxy) is 1. The van der Waals surface area contributed by atoms with Gasteiger partial charge in [0.05, 0.1) is 18.8 Å². The monoisotopic (exact) mass is 572 g/mol. The highest BCUT2D eigenvalue weighted by Crippen LogP contribution is 2.37. The van der Waals surface area contributed by atoms with Crippen LogP contribution in [0.5, 0.6) is 0 Å². The molecule has 6 rings (SSSR count). The van der Waals surface area contributed by atoms with Crippen molar-refractivity contribution in [1.82, 2.24) is 20.2 Å². The molecule has 2 amide bonds. The van der Waals surface area contributed by atoms with E-state index in [4.69, 9.17) is 4.74 Å². The Bertz CT molecular complexity index is 1660. The number of hydrogen-bond acceptors (Lipinski definition) is 6. The number of amides is 2. The lowest BCUT2D eigenvalue weighted by Gasteiger charge is -2.26. The average Bonchev–Trinajstić information content (AvgIpc) is 3.59. The smallest absolute Gasteiger partial charge is 0.255 e. The van der Waals surface area contributed by atoms with Gasteiger partial charge >= 0.3 is 0 Å². The third-order valence-corrected chi connectivity index (χ3v) is 7.46. The molecule has 2 aliphatic heterocycles. The fourth-order valence-electron chi connectivity index (χ4n) is 5.37. The number of carbonyl (C=O) groups excluding carboxylic acids is 2. The lowest BCUT2D eigenvalue weighted by molar-refractivity contribution is 0.0398. The van der Waals surface area contributed by atoms with Crippen LogP contribution in [0.3, 0.4) is 0 Å². The second-order valence-electron chi connectivity index (χ2n) is 10.4. The number of halogens is 2. The van der Waals surface area contributed by atoms with Crippen molar-refractivity contribution in [3.63, 3.8) is 0 Å². The number of anilines is 2. The van der Waals surface area contributed by atoms with Crippen LogP contribution in [0.25, 0.3) is 22.5 Å². The van der Waals surface area contributed by atoms with E-state index in [9.17, 15) is 14.0 Å². The molecule has 1 aromatic heterocycles. The van der Waals surface area contributed by atoms with Gasteiger partial charge in [-0.15, -0.1) is 0 Å². The van der Waals surface area contributed by atoms with Gasteiger partial charge in [-0.05, 0) is 60.5 Å². The van der Waals surface area contributed by atoms with Gasteiger partial charge in [-0.3, -0.25) is 14.5 Å². The number of fused-ring (bicyclic) bond motifs is 1. The van der Waals surface area contributed by atoms with Crippen LogP contribution in [-0.2, 0) is 11.3 Å². The fraction of sp³-hybridized carbons (Fsp3) is 0.258. The number of carbonyl (C=O) groups is 2. The first-order chi connectivity index (χ1) is 20.4. The van der Waals surface area contributed by atoms with Crippen molar-refractivity contribution in [2.24, 2.45) is 0 Å². The standard InChI is InChI=1S/C31H30F2N6O3/c1-18-16-35-29(37-18)25-5-4-23(26-17-36-31(41)28(25)26)24-3-2-21(15-27(24)33)38-30(40)19-12-20(32)14-22(13-19)34-6-7-39-8-10-42-11-9-39/h2-5,12-16,34H,6-11,17H2,1H3,(H,35,37)(H,36,41)(H,38,40). The number of H-pyrrole nitrogens is 1. The number of nitrogens with zero attached hydrogens (tertiary/aromatic N) is 2. The molecule has 42 heavy (non-hydrogen) atoms. The Balaban J connectivity index is 1.18. The molecule has 2 aliphatic rings. The minimum absolute atomic E-state index is 0.111. The Kier molecular flexibility index (Phi) is 7.68. The number of hydrogen-bond donors (Lipinski definition) is 4. The van der Waals surface area contributed by atoms with E-state index in [1.807, 2.05) is 6.92 Å². The van der Waals surface area contributed by atoms with Crippen molar-refractivity contribution in [2.75, 3.05) is 50.0 Å². The zero-order valence-electron chi connectivity index (χ0n) is 23.0. The Morgan fingerprint density at radius 3 is 2.57 bits per heavy atom. The molecular weight excluding hydrogens is 542 g/mol. The van der Waals surface area contributed by atoms with E-state index in [-0.39, 0.29) is 23.7 Å². The van der Waals surface area contributed by atoms with Crippen molar-refractivity contribution in [3.8, 4) is 22.5 Å². The minimum Gasteiger partial charge on any atom is -0.384 e. The van der Waals surface area contributed by atoms with E-state index in [0.29, 0.717) is 59.1 Å². The molecule has 216 valence electrons. The van der Waals surface area contributed by atoms with Crippen molar-refractivity contribution in [1.29, 1.82) is 0 Å². The predicted octanol–water partition coefficient (Wildman–Crippen LogP) is 4.57. The van der Waals surface area contributed by atoms with Gasteiger partial charge in [-0.2, -0.15) is 0 Å². The van der Waals surface area contributed by atoms with E-state index in [0.717, 1.165) is 31.4 Å². The summed E-state index contributed by atoms with van der Waals surface area (Å²) >= 11 is 0. The summed E-state index contributed by atoms with van der Waals surface area (Å²) < 4.78 is 35.1. The molecule has 1 fully saturated rings. The van der Waals surface area contributed by atoms with Gasteiger partial charge in [0.2, 0.25) is 0 Å². The third-order valence-electron chi connectivity index (χ3n) is 7.46. The maximum atomic E-state index is 15.4. The molecule has 11 heteroatoms. The first-order valence-corrected chi connectivity index (χ1v) is 13.8. The molecule has 0 unspecified atom stereocenters. The van der Waals surface area contributed by atoms with Crippen LogP contribution in [0.15, 0.2) is 54.7 Å². The van der Waals surface area contributed by atoms with Crippen LogP contribution in [0.1, 0.15) is 32.0 Å². The second-order valence-corrected chi connectivity index (χ2v) is 10.4. The summed E-state index contributed by atoms with van der Waals surface area (Å²) in [5, 5.41) is 8.65. The van der Waals surface area contributed by atoms with Gasteiger partial charge in [0.25, 0.3) is 11.8 Å². The first kappa shape index (κ1) is 27.6. The van der Waals surface area contributed by atoms with Crippen molar-refractivity contribution in [3.05, 3.63) is 88.7 Å². The van der Waals surface area contributed by atoms with Gasteiger partial charge in [-0.1, -0.05) is 6.07 Å². The molecule has 0 atom stereocenters. The summed E-state index contributed by atoms with van der Waals surface area (Å²) in [7, 11) is 0. The second kappa shape index (κ2) is 11.7. The van der Waals surface area contributed by atoms with Crippen LogP contribution in [0.4, 0.5) is 20.2 Å².